The molecule has 1 heterocycles. The number of hydrogen-bond acceptors (Lipinski definition) is 4. The highest BCUT2D eigenvalue weighted by molar-refractivity contribution is 5.75. The SMILES string of the molecule is CC(CCO)CNC(=O)Cn1cc(-c2ccccc2)nn1. The minimum Gasteiger partial charge on any atom is -0.396 e. The molecule has 1 amide bonds. The number of nitrogens with zero attached hydrogens (tertiary/aromatic N) is 3. The van der Waals surface area contributed by atoms with Gasteiger partial charge in [-0.15, -0.1) is 5.10 Å². The van der Waals surface area contributed by atoms with Crippen LogP contribution in [0.25, 0.3) is 11.3 Å². The Balaban J connectivity index is 1.86. The molecule has 6 heteroatoms. The molecule has 0 saturated carbocycles. The molecule has 112 valence electrons. The second-order valence-electron chi connectivity index (χ2n) is 5.09. The summed E-state index contributed by atoms with van der Waals surface area (Å²) in [5, 5.41) is 19.7. The molecule has 0 fully saturated rings. The largest absolute Gasteiger partial charge is 0.396 e. The van der Waals surface area contributed by atoms with E-state index >= 15 is 0 Å². The monoisotopic (exact) mass is 288 g/mol. The molecule has 2 rings (SSSR count). The van der Waals surface area contributed by atoms with Crippen LogP contribution in [0.15, 0.2) is 36.5 Å². The molecule has 0 bridgehead atoms. The molecule has 0 radical (unpaired) electrons. The molecule has 1 aromatic carbocycles. The summed E-state index contributed by atoms with van der Waals surface area (Å²) in [6, 6.07) is 9.71. The molecule has 2 N–H and O–H groups in total. The van der Waals surface area contributed by atoms with Gasteiger partial charge in [0.25, 0.3) is 0 Å². The Morgan fingerprint density at radius 3 is 2.86 bits per heavy atom. The Hall–Kier alpha value is -2.21. The zero-order chi connectivity index (χ0) is 15.1. The smallest absolute Gasteiger partial charge is 0.241 e. The maximum atomic E-state index is 11.8. The fourth-order valence-corrected chi connectivity index (χ4v) is 1.93. The van der Waals surface area contributed by atoms with Crippen molar-refractivity contribution in [3.05, 3.63) is 36.5 Å². The van der Waals surface area contributed by atoms with Crippen molar-refractivity contribution < 1.29 is 9.90 Å². The first-order chi connectivity index (χ1) is 10.2. The summed E-state index contributed by atoms with van der Waals surface area (Å²) >= 11 is 0. The third kappa shape index (κ3) is 4.68. The minimum absolute atomic E-state index is 0.107. The highest BCUT2D eigenvalue weighted by Gasteiger charge is 2.08. The average molecular weight is 288 g/mol. The lowest BCUT2D eigenvalue weighted by atomic mass is 10.1. The fourth-order valence-electron chi connectivity index (χ4n) is 1.93. The van der Waals surface area contributed by atoms with Gasteiger partial charge in [-0.2, -0.15) is 0 Å². The number of aliphatic hydroxyl groups is 1. The van der Waals surface area contributed by atoms with E-state index in [4.69, 9.17) is 5.11 Å². The number of rotatable bonds is 7. The molecule has 0 aliphatic carbocycles. The summed E-state index contributed by atoms with van der Waals surface area (Å²) in [6.45, 7) is 2.82. The lowest BCUT2D eigenvalue weighted by molar-refractivity contribution is -0.122. The Labute approximate surface area is 123 Å². The highest BCUT2D eigenvalue weighted by Crippen LogP contribution is 2.14. The summed E-state index contributed by atoms with van der Waals surface area (Å²) in [5.74, 6) is 0.152. The number of nitrogens with one attached hydrogen (secondary N) is 1. The number of carbonyl (C=O) groups is 1. The van der Waals surface area contributed by atoms with Crippen LogP contribution < -0.4 is 5.32 Å². The van der Waals surface area contributed by atoms with E-state index in [1.807, 2.05) is 37.3 Å². The van der Waals surface area contributed by atoms with E-state index in [9.17, 15) is 4.79 Å². The van der Waals surface area contributed by atoms with Crippen molar-refractivity contribution in [3.8, 4) is 11.3 Å². The molecular weight excluding hydrogens is 268 g/mol. The van der Waals surface area contributed by atoms with Crippen molar-refractivity contribution in [2.75, 3.05) is 13.2 Å². The third-order valence-corrected chi connectivity index (χ3v) is 3.18. The summed E-state index contributed by atoms with van der Waals surface area (Å²) in [7, 11) is 0. The maximum absolute atomic E-state index is 11.8. The summed E-state index contributed by atoms with van der Waals surface area (Å²) in [5.41, 5.74) is 1.72. The van der Waals surface area contributed by atoms with E-state index in [1.165, 1.54) is 4.68 Å². The molecule has 1 atom stereocenters. The molecule has 0 spiro atoms. The summed E-state index contributed by atoms with van der Waals surface area (Å²) in [6.07, 6.45) is 2.44. The average Bonchev–Trinajstić information content (AvgIpc) is 2.95. The number of aromatic nitrogens is 3. The molecule has 0 saturated heterocycles. The van der Waals surface area contributed by atoms with Crippen molar-refractivity contribution in [2.24, 2.45) is 5.92 Å². The van der Waals surface area contributed by atoms with E-state index in [1.54, 1.807) is 6.20 Å². The van der Waals surface area contributed by atoms with Crippen LogP contribution in [0.5, 0.6) is 0 Å². The zero-order valence-electron chi connectivity index (χ0n) is 12.1. The van der Waals surface area contributed by atoms with Crippen LogP contribution >= 0.6 is 0 Å². The zero-order valence-corrected chi connectivity index (χ0v) is 12.1. The van der Waals surface area contributed by atoms with Gasteiger partial charge in [0.05, 0.1) is 6.20 Å². The minimum atomic E-state index is -0.107. The lowest BCUT2D eigenvalue weighted by Gasteiger charge is -2.10. The normalized spacial score (nSPS) is 12.1. The maximum Gasteiger partial charge on any atom is 0.241 e. The van der Waals surface area contributed by atoms with Gasteiger partial charge < -0.3 is 10.4 Å². The first-order valence-corrected chi connectivity index (χ1v) is 7.02. The van der Waals surface area contributed by atoms with Gasteiger partial charge in [-0.25, -0.2) is 4.68 Å². The van der Waals surface area contributed by atoms with Gasteiger partial charge in [0.15, 0.2) is 0 Å². The molecular formula is C15H20N4O2. The van der Waals surface area contributed by atoms with Crippen LogP contribution in [-0.4, -0.2) is 39.2 Å². The molecule has 1 unspecified atom stereocenters. The first kappa shape index (κ1) is 15.2. The molecule has 0 aliphatic heterocycles. The molecule has 2 aromatic rings. The Bertz CT molecular complexity index is 568. The van der Waals surface area contributed by atoms with Gasteiger partial charge in [0.2, 0.25) is 5.91 Å². The van der Waals surface area contributed by atoms with Crippen LogP contribution in [-0.2, 0) is 11.3 Å². The van der Waals surface area contributed by atoms with Gasteiger partial charge >= 0.3 is 0 Å². The number of hydrogen-bond donors (Lipinski definition) is 2. The molecule has 6 nitrogen and oxygen atoms in total. The topological polar surface area (TPSA) is 80.0 Å². The van der Waals surface area contributed by atoms with Gasteiger partial charge in [-0.3, -0.25) is 4.79 Å². The van der Waals surface area contributed by atoms with Crippen molar-refractivity contribution in [1.29, 1.82) is 0 Å². The van der Waals surface area contributed by atoms with E-state index in [2.05, 4.69) is 15.6 Å². The van der Waals surface area contributed by atoms with Crippen LogP contribution in [0.4, 0.5) is 0 Å². The second-order valence-corrected chi connectivity index (χ2v) is 5.09. The van der Waals surface area contributed by atoms with Crippen LogP contribution in [0, 0.1) is 5.92 Å². The van der Waals surface area contributed by atoms with Crippen LogP contribution in [0.2, 0.25) is 0 Å². The Morgan fingerprint density at radius 2 is 2.14 bits per heavy atom. The quantitative estimate of drug-likeness (QED) is 0.799. The van der Waals surface area contributed by atoms with E-state index in [0.717, 1.165) is 11.3 Å². The highest BCUT2D eigenvalue weighted by atomic mass is 16.3. The van der Waals surface area contributed by atoms with Gasteiger partial charge in [0, 0.05) is 18.7 Å². The molecule has 1 aromatic heterocycles. The van der Waals surface area contributed by atoms with Crippen molar-refractivity contribution in [3.63, 3.8) is 0 Å². The number of benzene rings is 1. The van der Waals surface area contributed by atoms with Crippen molar-refractivity contribution in [2.45, 2.75) is 19.9 Å². The first-order valence-electron chi connectivity index (χ1n) is 7.02. The Morgan fingerprint density at radius 1 is 1.38 bits per heavy atom. The molecule has 0 aliphatic rings. The summed E-state index contributed by atoms with van der Waals surface area (Å²) < 4.78 is 1.52. The predicted octanol–water partition coefficient (Wildman–Crippen LogP) is 1.08. The Kier molecular flexibility index (Phi) is 5.45. The predicted molar refractivity (Wildman–Crippen MR) is 79.3 cm³/mol. The number of amides is 1. The van der Waals surface area contributed by atoms with Crippen molar-refractivity contribution >= 4 is 5.91 Å². The van der Waals surface area contributed by atoms with E-state index in [-0.39, 0.29) is 25.0 Å². The second kappa shape index (κ2) is 7.54. The molecule has 21 heavy (non-hydrogen) atoms. The van der Waals surface area contributed by atoms with Crippen LogP contribution in [0.1, 0.15) is 13.3 Å². The van der Waals surface area contributed by atoms with E-state index < -0.39 is 0 Å². The number of carbonyl (C=O) groups excluding carboxylic acids is 1. The van der Waals surface area contributed by atoms with Crippen molar-refractivity contribution in [1.82, 2.24) is 20.3 Å². The lowest BCUT2D eigenvalue weighted by Crippen LogP contribution is -2.31. The van der Waals surface area contributed by atoms with Gasteiger partial charge in [0.1, 0.15) is 12.2 Å². The summed E-state index contributed by atoms with van der Waals surface area (Å²) in [4.78, 5) is 11.8. The van der Waals surface area contributed by atoms with Gasteiger partial charge in [-0.1, -0.05) is 42.5 Å². The van der Waals surface area contributed by atoms with E-state index in [0.29, 0.717) is 13.0 Å². The standard InChI is InChI=1S/C15H20N4O2/c1-12(7-8-20)9-16-15(21)11-19-10-14(17-18-19)13-5-3-2-4-6-13/h2-6,10,12,20H,7-9,11H2,1H3,(H,16,21). The fraction of sp³-hybridized carbons (Fsp3) is 0.400. The van der Waals surface area contributed by atoms with Gasteiger partial charge in [-0.05, 0) is 12.3 Å². The number of aliphatic hydroxyl groups excluding tert-OH is 1. The third-order valence-electron chi connectivity index (χ3n) is 3.18. The van der Waals surface area contributed by atoms with Crippen LogP contribution in [0.3, 0.4) is 0 Å².